The summed E-state index contributed by atoms with van der Waals surface area (Å²) in [6.45, 7) is -2.98. The van der Waals surface area contributed by atoms with Crippen LogP contribution in [0, 0.1) is 0 Å². The van der Waals surface area contributed by atoms with Gasteiger partial charge in [0.15, 0.2) is 17.3 Å². The number of ether oxygens (including phenoxy) is 3. The highest BCUT2D eigenvalue weighted by Gasteiger charge is 2.12. The first-order valence-electron chi connectivity index (χ1n) is 7.13. The van der Waals surface area contributed by atoms with E-state index in [-0.39, 0.29) is 17.3 Å². The van der Waals surface area contributed by atoms with E-state index < -0.39 is 6.61 Å². The Morgan fingerprint density at radius 3 is 2.36 bits per heavy atom. The first kappa shape index (κ1) is 18.7. The van der Waals surface area contributed by atoms with Crippen LogP contribution < -0.4 is 14.2 Å². The van der Waals surface area contributed by atoms with Crippen LogP contribution in [-0.4, -0.2) is 26.6 Å². The summed E-state index contributed by atoms with van der Waals surface area (Å²) in [6, 6.07) is 9.12. The molecule has 0 aliphatic carbocycles. The highest BCUT2D eigenvalue weighted by atomic mass is 35.5. The smallest absolute Gasteiger partial charge is 0.387 e. The third kappa shape index (κ3) is 4.93. The van der Waals surface area contributed by atoms with Crippen molar-refractivity contribution in [2.45, 2.75) is 6.61 Å². The van der Waals surface area contributed by atoms with Crippen LogP contribution in [0.5, 0.6) is 17.2 Å². The molecule has 0 saturated heterocycles. The van der Waals surface area contributed by atoms with Crippen LogP contribution in [-0.2, 0) is 0 Å². The summed E-state index contributed by atoms with van der Waals surface area (Å²) in [5, 5.41) is 0.398. The Balaban J connectivity index is 2.27. The number of hydrogen-bond acceptors (Lipinski definition) is 4. The quantitative estimate of drug-likeness (QED) is 0.517. The number of benzene rings is 2. The summed E-state index contributed by atoms with van der Waals surface area (Å²) in [4.78, 5) is 12.3. The van der Waals surface area contributed by atoms with Gasteiger partial charge in [-0.05, 0) is 42.0 Å². The van der Waals surface area contributed by atoms with Gasteiger partial charge in [0, 0.05) is 5.02 Å². The van der Waals surface area contributed by atoms with Gasteiger partial charge in [-0.2, -0.15) is 8.78 Å². The molecule has 2 rings (SSSR count). The highest BCUT2D eigenvalue weighted by Crippen LogP contribution is 2.30. The van der Waals surface area contributed by atoms with E-state index >= 15 is 0 Å². The summed E-state index contributed by atoms with van der Waals surface area (Å²) in [6.07, 6.45) is 2.77. The van der Waals surface area contributed by atoms with Crippen molar-refractivity contribution in [2.75, 3.05) is 14.2 Å². The van der Waals surface area contributed by atoms with Crippen LogP contribution in [0.3, 0.4) is 0 Å². The number of allylic oxidation sites excluding steroid dienone is 1. The van der Waals surface area contributed by atoms with E-state index in [0.29, 0.717) is 21.9 Å². The number of rotatable bonds is 7. The largest absolute Gasteiger partial charge is 0.496 e. The van der Waals surface area contributed by atoms with Gasteiger partial charge in [0.05, 0.1) is 19.8 Å². The number of ketones is 1. The molecule has 0 N–H and O–H groups in total. The zero-order valence-corrected chi connectivity index (χ0v) is 14.2. The number of carbonyl (C=O) groups excluding carboxylic acids is 1. The fourth-order valence-electron chi connectivity index (χ4n) is 2.12. The van der Waals surface area contributed by atoms with Crippen LogP contribution in [0.1, 0.15) is 15.9 Å². The zero-order chi connectivity index (χ0) is 18.4. The molecule has 2 aromatic carbocycles. The van der Waals surface area contributed by atoms with Gasteiger partial charge in [-0.15, -0.1) is 0 Å². The van der Waals surface area contributed by atoms with Gasteiger partial charge in [-0.1, -0.05) is 23.7 Å². The predicted molar refractivity (Wildman–Crippen MR) is 91.0 cm³/mol. The number of alkyl halides is 2. The van der Waals surface area contributed by atoms with Crippen LogP contribution in [0.25, 0.3) is 6.08 Å². The summed E-state index contributed by atoms with van der Waals surface area (Å²) >= 11 is 5.90. The number of methoxy groups -OCH3 is 2. The van der Waals surface area contributed by atoms with Crippen LogP contribution in [0.2, 0.25) is 5.02 Å². The Morgan fingerprint density at radius 1 is 1.04 bits per heavy atom. The highest BCUT2D eigenvalue weighted by molar-refractivity contribution is 6.31. The Morgan fingerprint density at radius 2 is 1.72 bits per heavy atom. The molecule has 7 heteroatoms. The maximum Gasteiger partial charge on any atom is 0.387 e. The molecular formula is C18H15ClF2O4. The molecular weight excluding hydrogens is 354 g/mol. The summed E-state index contributed by atoms with van der Waals surface area (Å²) in [5.74, 6) is 0.0923. The summed E-state index contributed by atoms with van der Waals surface area (Å²) in [5.41, 5.74) is 0.787. The van der Waals surface area contributed by atoms with Gasteiger partial charge >= 0.3 is 6.61 Å². The van der Waals surface area contributed by atoms with Gasteiger partial charge in [0.2, 0.25) is 0 Å². The van der Waals surface area contributed by atoms with Crippen LogP contribution in [0.4, 0.5) is 8.78 Å². The normalized spacial score (nSPS) is 11.0. The van der Waals surface area contributed by atoms with Crippen molar-refractivity contribution in [3.63, 3.8) is 0 Å². The molecule has 0 radical (unpaired) electrons. The number of halogens is 3. The van der Waals surface area contributed by atoms with Crippen molar-refractivity contribution in [3.05, 3.63) is 58.6 Å². The fourth-order valence-corrected chi connectivity index (χ4v) is 2.29. The lowest BCUT2D eigenvalue weighted by Crippen LogP contribution is -2.03. The molecule has 0 spiro atoms. The number of carbonyl (C=O) groups is 1. The average Bonchev–Trinajstić information content (AvgIpc) is 2.59. The zero-order valence-electron chi connectivity index (χ0n) is 13.5. The van der Waals surface area contributed by atoms with E-state index in [1.165, 1.54) is 44.6 Å². The minimum absolute atomic E-state index is 0.118. The van der Waals surface area contributed by atoms with E-state index in [9.17, 15) is 13.6 Å². The van der Waals surface area contributed by atoms with Gasteiger partial charge in [-0.25, -0.2) is 0 Å². The van der Waals surface area contributed by atoms with Gasteiger partial charge in [0.1, 0.15) is 5.75 Å². The second-order valence-corrected chi connectivity index (χ2v) is 5.27. The molecule has 0 atom stereocenters. The SMILES string of the molecule is COc1ccc(/C=C/C(=O)c2cc(Cl)ccc2OC)cc1OC(F)F. The molecule has 0 heterocycles. The second kappa shape index (κ2) is 8.48. The third-order valence-electron chi connectivity index (χ3n) is 3.26. The minimum Gasteiger partial charge on any atom is -0.496 e. The summed E-state index contributed by atoms with van der Waals surface area (Å²) < 4.78 is 39.4. The third-order valence-corrected chi connectivity index (χ3v) is 3.49. The lowest BCUT2D eigenvalue weighted by atomic mass is 10.1. The van der Waals surface area contributed by atoms with Crippen molar-refractivity contribution in [1.29, 1.82) is 0 Å². The van der Waals surface area contributed by atoms with Crippen LogP contribution in [0.15, 0.2) is 42.5 Å². The predicted octanol–water partition coefficient (Wildman–Crippen LogP) is 4.85. The Labute approximate surface area is 148 Å². The molecule has 0 aliphatic heterocycles. The standard InChI is InChI=1S/C18H15ClF2O4/c1-23-15-8-5-12(19)10-13(15)14(22)6-3-11-4-7-16(24-2)17(9-11)25-18(20)21/h3-10,18H,1-2H3/b6-3+. The molecule has 132 valence electrons. The van der Waals surface area contributed by atoms with Gasteiger partial charge < -0.3 is 14.2 Å². The second-order valence-electron chi connectivity index (χ2n) is 4.83. The maximum absolute atomic E-state index is 12.4. The van der Waals surface area contributed by atoms with E-state index in [1.54, 1.807) is 18.2 Å². The van der Waals surface area contributed by atoms with Crippen molar-refractivity contribution < 1.29 is 27.8 Å². The first-order chi connectivity index (χ1) is 11.9. The Hall–Kier alpha value is -2.60. The molecule has 0 amide bonds. The number of hydrogen-bond donors (Lipinski definition) is 0. The van der Waals surface area contributed by atoms with Crippen molar-refractivity contribution in [2.24, 2.45) is 0 Å². The molecule has 0 saturated carbocycles. The minimum atomic E-state index is -2.98. The van der Waals surface area contributed by atoms with Crippen LogP contribution >= 0.6 is 11.6 Å². The van der Waals surface area contributed by atoms with E-state index in [2.05, 4.69) is 4.74 Å². The first-order valence-corrected chi connectivity index (χ1v) is 7.51. The van der Waals surface area contributed by atoms with E-state index in [1.807, 2.05) is 0 Å². The maximum atomic E-state index is 12.4. The van der Waals surface area contributed by atoms with Gasteiger partial charge in [-0.3, -0.25) is 4.79 Å². The monoisotopic (exact) mass is 368 g/mol. The van der Waals surface area contributed by atoms with Crippen molar-refractivity contribution >= 4 is 23.5 Å². The van der Waals surface area contributed by atoms with Crippen molar-refractivity contribution in [1.82, 2.24) is 0 Å². The molecule has 0 aliphatic rings. The molecule has 2 aromatic rings. The van der Waals surface area contributed by atoms with Gasteiger partial charge in [0.25, 0.3) is 0 Å². The summed E-state index contributed by atoms with van der Waals surface area (Å²) in [7, 11) is 2.79. The molecule has 4 nitrogen and oxygen atoms in total. The Kier molecular flexibility index (Phi) is 6.36. The lowest BCUT2D eigenvalue weighted by molar-refractivity contribution is -0.0512. The fraction of sp³-hybridized carbons (Fsp3) is 0.167. The molecule has 0 bridgehead atoms. The van der Waals surface area contributed by atoms with E-state index in [0.717, 1.165) is 0 Å². The topological polar surface area (TPSA) is 44.8 Å². The molecule has 0 unspecified atom stereocenters. The Bertz CT molecular complexity index is 791. The van der Waals surface area contributed by atoms with Crippen molar-refractivity contribution in [3.8, 4) is 17.2 Å². The molecule has 0 aromatic heterocycles. The molecule has 0 fully saturated rings. The lowest BCUT2D eigenvalue weighted by Gasteiger charge is -2.10. The molecule has 25 heavy (non-hydrogen) atoms. The average molecular weight is 369 g/mol. The van der Waals surface area contributed by atoms with E-state index in [4.69, 9.17) is 21.1 Å².